The molecular weight excluding hydrogens is 504 g/mol. The fourth-order valence-corrected chi connectivity index (χ4v) is 4.03. The molecule has 0 atom stereocenters. The van der Waals surface area contributed by atoms with Crippen molar-refractivity contribution in [2.45, 2.75) is 0 Å². The van der Waals surface area contributed by atoms with Crippen molar-refractivity contribution in [2.75, 3.05) is 28.4 Å². The van der Waals surface area contributed by atoms with Crippen LogP contribution in [0.4, 0.5) is 0 Å². The van der Waals surface area contributed by atoms with Crippen molar-refractivity contribution in [3.8, 4) is 34.5 Å². The van der Waals surface area contributed by atoms with Gasteiger partial charge in [-0.1, -0.05) is 85.0 Å². The molecule has 6 heteroatoms. The summed E-state index contributed by atoms with van der Waals surface area (Å²) in [6.45, 7) is 0. The zero-order valence-electron chi connectivity index (χ0n) is 22.9. The lowest BCUT2D eigenvalue weighted by Crippen LogP contribution is -1.90. The van der Waals surface area contributed by atoms with Crippen LogP contribution in [0.1, 0.15) is 33.4 Å². The summed E-state index contributed by atoms with van der Waals surface area (Å²) in [5.74, 6) is 1.43. The second kappa shape index (κ2) is 13.1. The summed E-state index contributed by atoms with van der Waals surface area (Å²) < 4.78 is 20.9. The third kappa shape index (κ3) is 6.85. The van der Waals surface area contributed by atoms with E-state index in [4.69, 9.17) is 18.9 Å². The molecule has 6 nitrogen and oxygen atoms in total. The molecule has 40 heavy (non-hydrogen) atoms. The minimum Gasteiger partial charge on any atom is -0.502 e. The molecule has 0 amide bonds. The molecule has 0 unspecified atom stereocenters. The standard InChI is InChI=1S/C34H32O6/c1-37-29-19-27(20-30(38-2)33(29)35)17-15-25-11-7-23(8-12-25)5-6-24-9-13-26(14-10-24)16-18-28-21-31(39-3)34(36)32(22-28)40-4/h5-22,35-36H,1-4H3/b6-5+,17-15+,18-16+. The van der Waals surface area contributed by atoms with Gasteiger partial charge in [-0.2, -0.15) is 0 Å². The number of rotatable bonds is 10. The van der Waals surface area contributed by atoms with Gasteiger partial charge < -0.3 is 29.2 Å². The molecule has 204 valence electrons. The molecule has 0 saturated carbocycles. The highest BCUT2D eigenvalue weighted by atomic mass is 16.5. The molecule has 0 saturated heterocycles. The molecule has 4 aromatic carbocycles. The van der Waals surface area contributed by atoms with Gasteiger partial charge in [0.15, 0.2) is 23.0 Å². The minimum absolute atomic E-state index is 0.0134. The van der Waals surface area contributed by atoms with Gasteiger partial charge in [0.05, 0.1) is 28.4 Å². The predicted molar refractivity (Wildman–Crippen MR) is 162 cm³/mol. The third-order valence-electron chi connectivity index (χ3n) is 6.28. The van der Waals surface area contributed by atoms with Crippen LogP contribution in [-0.2, 0) is 0 Å². The Bertz CT molecular complexity index is 1360. The molecule has 0 bridgehead atoms. The van der Waals surface area contributed by atoms with Crippen molar-refractivity contribution < 1.29 is 29.2 Å². The number of methoxy groups -OCH3 is 4. The Morgan fingerprint density at radius 2 is 0.575 bits per heavy atom. The predicted octanol–water partition coefficient (Wildman–Crippen LogP) is 7.64. The lowest BCUT2D eigenvalue weighted by molar-refractivity contribution is 0.340. The van der Waals surface area contributed by atoms with E-state index in [2.05, 4.69) is 36.4 Å². The van der Waals surface area contributed by atoms with Crippen molar-refractivity contribution in [1.82, 2.24) is 0 Å². The Labute approximate surface area is 234 Å². The average Bonchev–Trinajstić information content (AvgIpc) is 2.99. The van der Waals surface area contributed by atoms with E-state index in [-0.39, 0.29) is 11.5 Å². The first-order valence-electron chi connectivity index (χ1n) is 12.6. The topological polar surface area (TPSA) is 77.4 Å². The van der Waals surface area contributed by atoms with Gasteiger partial charge >= 0.3 is 0 Å². The van der Waals surface area contributed by atoms with Gasteiger partial charge in [-0.25, -0.2) is 0 Å². The fourth-order valence-electron chi connectivity index (χ4n) is 4.03. The molecule has 4 rings (SSSR count). The van der Waals surface area contributed by atoms with Crippen LogP contribution in [0.2, 0.25) is 0 Å². The van der Waals surface area contributed by atoms with Crippen molar-refractivity contribution in [2.24, 2.45) is 0 Å². The Hall–Kier alpha value is -5.10. The van der Waals surface area contributed by atoms with Crippen LogP contribution < -0.4 is 18.9 Å². The first kappa shape index (κ1) is 27.9. The second-order valence-corrected chi connectivity index (χ2v) is 8.88. The van der Waals surface area contributed by atoms with Crippen LogP contribution >= 0.6 is 0 Å². The molecule has 0 radical (unpaired) electrons. The van der Waals surface area contributed by atoms with E-state index < -0.39 is 0 Å². The maximum Gasteiger partial charge on any atom is 0.200 e. The summed E-state index contributed by atoms with van der Waals surface area (Å²) in [5, 5.41) is 20.2. The third-order valence-corrected chi connectivity index (χ3v) is 6.28. The highest BCUT2D eigenvalue weighted by Gasteiger charge is 2.10. The van der Waals surface area contributed by atoms with Gasteiger partial charge in [-0.3, -0.25) is 0 Å². The zero-order valence-corrected chi connectivity index (χ0v) is 22.9. The number of phenolic OH excluding ortho intramolecular Hbond substituents is 2. The number of hydrogen-bond acceptors (Lipinski definition) is 6. The van der Waals surface area contributed by atoms with Gasteiger partial charge in [0, 0.05) is 0 Å². The van der Waals surface area contributed by atoms with Gasteiger partial charge in [0.2, 0.25) is 11.5 Å². The summed E-state index contributed by atoms with van der Waals surface area (Å²) in [6.07, 6.45) is 12.0. The van der Waals surface area contributed by atoms with Crippen LogP contribution in [0, 0.1) is 0 Å². The summed E-state index contributed by atoms with van der Waals surface area (Å²) in [5.41, 5.74) is 5.98. The van der Waals surface area contributed by atoms with E-state index in [1.807, 2.05) is 48.6 Å². The lowest BCUT2D eigenvalue weighted by Gasteiger charge is -2.09. The van der Waals surface area contributed by atoms with Crippen LogP contribution in [0.15, 0.2) is 72.8 Å². The largest absolute Gasteiger partial charge is 0.502 e. The SMILES string of the molecule is COc1cc(/C=C/c2ccc(/C=C/c3ccc(/C=C/c4cc(OC)c(O)c(OC)c4)cc3)cc2)cc(OC)c1O. The number of benzene rings is 4. The molecule has 0 aliphatic heterocycles. The van der Waals surface area contributed by atoms with Crippen molar-refractivity contribution in [3.05, 3.63) is 106 Å². The quantitative estimate of drug-likeness (QED) is 0.203. The Kier molecular flexibility index (Phi) is 9.15. The fraction of sp³-hybridized carbons (Fsp3) is 0.118. The monoisotopic (exact) mass is 536 g/mol. The lowest BCUT2D eigenvalue weighted by atomic mass is 10.1. The van der Waals surface area contributed by atoms with Crippen molar-refractivity contribution in [3.63, 3.8) is 0 Å². The van der Waals surface area contributed by atoms with Crippen LogP contribution in [0.25, 0.3) is 36.5 Å². The highest BCUT2D eigenvalue weighted by molar-refractivity contribution is 5.76. The smallest absolute Gasteiger partial charge is 0.200 e. The van der Waals surface area contributed by atoms with Gasteiger partial charge in [0.1, 0.15) is 0 Å². The van der Waals surface area contributed by atoms with E-state index in [9.17, 15) is 10.2 Å². The maximum atomic E-state index is 10.1. The number of phenols is 2. The Balaban J connectivity index is 1.39. The number of hydrogen-bond donors (Lipinski definition) is 2. The molecule has 0 heterocycles. The number of ether oxygens (including phenoxy) is 4. The number of aromatic hydroxyl groups is 2. The summed E-state index contributed by atoms with van der Waals surface area (Å²) in [4.78, 5) is 0. The Morgan fingerprint density at radius 1 is 0.375 bits per heavy atom. The van der Waals surface area contributed by atoms with E-state index in [0.29, 0.717) is 23.0 Å². The molecule has 0 aliphatic rings. The first-order chi connectivity index (χ1) is 19.4. The van der Waals surface area contributed by atoms with E-state index >= 15 is 0 Å². The van der Waals surface area contributed by atoms with Gasteiger partial charge in [-0.15, -0.1) is 0 Å². The van der Waals surface area contributed by atoms with Gasteiger partial charge in [-0.05, 0) is 57.6 Å². The summed E-state index contributed by atoms with van der Waals surface area (Å²) in [6, 6.07) is 23.5. The minimum atomic E-state index is -0.0134. The normalized spacial score (nSPS) is 11.4. The molecule has 0 aromatic heterocycles. The average molecular weight is 537 g/mol. The van der Waals surface area contributed by atoms with Crippen LogP contribution in [0.3, 0.4) is 0 Å². The zero-order chi connectivity index (χ0) is 28.5. The summed E-state index contributed by atoms with van der Waals surface area (Å²) in [7, 11) is 6.04. The molecular formula is C34H32O6. The summed E-state index contributed by atoms with van der Waals surface area (Å²) >= 11 is 0. The van der Waals surface area contributed by atoms with Crippen LogP contribution in [-0.4, -0.2) is 38.7 Å². The molecule has 0 fully saturated rings. The molecule has 4 aromatic rings. The Morgan fingerprint density at radius 3 is 0.775 bits per heavy atom. The van der Waals surface area contributed by atoms with Crippen molar-refractivity contribution in [1.29, 1.82) is 0 Å². The van der Waals surface area contributed by atoms with E-state index in [1.165, 1.54) is 28.4 Å². The van der Waals surface area contributed by atoms with Crippen molar-refractivity contribution >= 4 is 36.5 Å². The van der Waals surface area contributed by atoms with Gasteiger partial charge in [0.25, 0.3) is 0 Å². The first-order valence-corrected chi connectivity index (χ1v) is 12.6. The molecule has 0 spiro atoms. The maximum absolute atomic E-state index is 10.1. The molecule has 0 aliphatic carbocycles. The molecule has 2 N–H and O–H groups in total. The van der Waals surface area contributed by atoms with E-state index in [0.717, 1.165) is 33.4 Å². The van der Waals surface area contributed by atoms with E-state index in [1.54, 1.807) is 24.3 Å². The highest BCUT2D eigenvalue weighted by Crippen LogP contribution is 2.38. The van der Waals surface area contributed by atoms with Crippen LogP contribution in [0.5, 0.6) is 34.5 Å². The second-order valence-electron chi connectivity index (χ2n) is 8.88.